The smallest absolute Gasteiger partial charge is 0.270 e. The van der Waals surface area contributed by atoms with Crippen molar-refractivity contribution in [2.45, 2.75) is 25.7 Å². The first-order valence-electron chi connectivity index (χ1n) is 6.48. The van der Waals surface area contributed by atoms with Crippen LogP contribution in [0.1, 0.15) is 36.0 Å². The summed E-state index contributed by atoms with van der Waals surface area (Å²) in [7, 11) is 0. The third-order valence-corrected chi connectivity index (χ3v) is 3.59. The molecule has 0 saturated heterocycles. The summed E-state index contributed by atoms with van der Waals surface area (Å²) in [5, 5.41) is 13.5. The molecule has 1 aliphatic rings. The molecule has 0 aromatic heterocycles. The minimum absolute atomic E-state index is 0.0942. The molecule has 1 amide bonds. The molecule has 5 nitrogen and oxygen atoms in total. The lowest BCUT2D eigenvalue weighted by Gasteiger charge is -2.07. The van der Waals surface area contributed by atoms with E-state index in [1.165, 1.54) is 30.2 Å². The highest BCUT2D eigenvalue weighted by Gasteiger charge is 2.14. The number of nitrogens with one attached hydrogen (secondary N) is 1. The van der Waals surface area contributed by atoms with E-state index >= 15 is 0 Å². The van der Waals surface area contributed by atoms with E-state index in [2.05, 4.69) is 11.4 Å². The Labute approximate surface area is 121 Å². The Hall–Kier alpha value is -1.88. The molecule has 0 atom stereocenters. The predicted molar refractivity (Wildman–Crippen MR) is 77.0 cm³/mol. The zero-order chi connectivity index (χ0) is 14.5. The molecular formula is C14H15ClN2O3. The molecule has 0 spiro atoms. The van der Waals surface area contributed by atoms with Gasteiger partial charge in [-0.1, -0.05) is 23.3 Å². The highest BCUT2D eigenvalue weighted by molar-refractivity contribution is 6.34. The number of halogens is 1. The first-order valence-corrected chi connectivity index (χ1v) is 6.86. The second kappa shape index (κ2) is 6.52. The molecule has 2 rings (SSSR count). The third-order valence-electron chi connectivity index (χ3n) is 3.27. The third kappa shape index (κ3) is 3.57. The second-order valence-electron chi connectivity index (χ2n) is 4.68. The van der Waals surface area contributed by atoms with Crippen molar-refractivity contribution >= 4 is 23.2 Å². The van der Waals surface area contributed by atoms with Crippen LogP contribution in [-0.4, -0.2) is 17.4 Å². The number of nitro groups is 1. The van der Waals surface area contributed by atoms with E-state index in [1.54, 1.807) is 0 Å². The highest BCUT2D eigenvalue weighted by Crippen LogP contribution is 2.23. The summed E-state index contributed by atoms with van der Waals surface area (Å²) in [6, 6.07) is 3.85. The van der Waals surface area contributed by atoms with Gasteiger partial charge in [-0.15, -0.1) is 0 Å². The fourth-order valence-corrected chi connectivity index (χ4v) is 2.46. The number of rotatable bonds is 5. The Morgan fingerprint density at radius 3 is 2.85 bits per heavy atom. The maximum absolute atomic E-state index is 11.9. The Morgan fingerprint density at radius 1 is 1.45 bits per heavy atom. The van der Waals surface area contributed by atoms with E-state index < -0.39 is 4.92 Å². The molecule has 0 unspecified atom stereocenters. The summed E-state index contributed by atoms with van der Waals surface area (Å²) >= 11 is 5.90. The van der Waals surface area contributed by atoms with Gasteiger partial charge < -0.3 is 5.32 Å². The molecule has 6 heteroatoms. The van der Waals surface area contributed by atoms with E-state index in [9.17, 15) is 14.9 Å². The molecule has 0 bridgehead atoms. The van der Waals surface area contributed by atoms with E-state index in [0.29, 0.717) is 6.54 Å². The number of hydrogen-bond donors (Lipinski definition) is 1. The van der Waals surface area contributed by atoms with Gasteiger partial charge in [-0.05, 0) is 31.7 Å². The molecule has 0 heterocycles. The van der Waals surface area contributed by atoms with E-state index in [1.807, 2.05) is 0 Å². The molecule has 1 aromatic carbocycles. The number of amides is 1. The zero-order valence-electron chi connectivity index (χ0n) is 10.9. The van der Waals surface area contributed by atoms with Crippen LogP contribution in [0.2, 0.25) is 5.02 Å². The van der Waals surface area contributed by atoms with E-state index in [-0.39, 0.29) is 22.2 Å². The van der Waals surface area contributed by atoms with Gasteiger partial charge in [-0.3, -0.25) is 14.9 Å². The molecule has 0 fully saturated rings. The topological polar surface area (TPSA) is 72.2 Å². The summed E-state index contributed by atoms with van der Waals surface area (Å²) in [6.45, 7) is 0.554. The predicted octanol–water partition coefficient (Wildman–Crippen LogP) is 3.48. The van der Waals surface area contributed by atoms with E-state index in [0.717, 1.165) is 19.3 Å². The van der Waals surface area contributed by atoms with Crippen molar-refractivity contribution in [1.82, 2.24) is 5.32 Å². The van der Waals surface area contributed by atoms with Crippen molar-refractivity contribution in [3.63, 3.8) is 0 Å². The lowest BCUT2D eigenvalue weighted by molar-refractivity contribution is -0.384. The SMILES string of the molecule is O=C(NCCC1=CCCC1)c1ccc([N+](=O)[O-])cc1Cl. The van der Waals surface area contributed by atoms with Crippen LogP contribution in [0.5, 0.6) is 0 Å². The normalized spacial score (nSPS) is 13.9. The van der Waals surface area contributed by atoms with Crippen molar-refractivity contribution in [3.05, 3.63) is 50.5 Å². The summed E-state index contributed by atoms with van der Waals surface area (Å²) in [4.78, 5) is 22.0. The molecule has 1 aliphatic carbocycles. The van der Waals surface area contributed by atoms with Crippen molar-refractivity contribution in [2.24, 2.45) is 0 Å². The Balaban J connectivity index is 1.93. The number of benzene rings is 1. The number of hydrogen-bond acceptors (Lipinski definition) is 3. The van der Waals surface area contributed by atoms with E-state index in [4.69, 9.17) is 11.6 Å². The number of carbonyl (C=O) groups excluding carboxylic acids is 1. The molecule has 0 radical (unpaired) electrons. The van der Waals surface area contributed by atoms with Gasteiger partial charge in [0.25, 0.3) is 11.6 Å². The molecule has 1 N–H and O–H groups in total. The van der Waals surface area contributed by atoms with Gasteiger partial charge in [-0.25, -0.2) is 0 Å². The molecule has 0 aliphatic heterocycles. The summed E-state index contributed by atoms with van der Waals surface area (Å²) in [6.07, 6.45) is 6.48. The Bertz CT molecular complexity index is 570. The minimum atomic E-state index is -0.542. The number of nitro benzene ring substituents is 1. The molecule has 20 heavy (non-hydrogen) atoms. The van der Waals surface area contributed by atoms with Gasteiger partial charge in [0, 0.05) is 18.7 Å². The lowest BCUT2D eigenvalue weighted by Crippen LogP contribution is -2.25. The zero-order valence-corrected chi connectivity index (χ0v) is 11.7. The maximum Gasteiger partial charge on any atom is 0.270 e. The monoisotopic (exact) mass is 294 g/mol. The van der Waals surface area contributed by atoms with Gasteiger partial charge in [0.05, 0.1) is 15.5 Å². The van der Waals surface area contributed by atoms with Crippen LogP contribution in [0.4, 0.5) is 5.69 Å². The van der Waals surface area contributed by atoms with Crippen molar-refractivity contribution < 1.29 is 9.72 Å². The quantitative estimate of drug-likeness (QED) is 0.513. The average Bonchev–Trinajstić information content (AvgIpc) is 2.91. The standard InChI is InChI=1S/C14H15ClN2O3/c15-13-9-11(17(19)20)5-6-12(13)14(18)16-8-7-10-3-1-2-4-10/h3,5-6,9H,1-2,4,7-8H2,(H,16,18). The fourth-order valence-electron chi connectivity index (χ4n) is 2.20. The Morgan fingerprint density at radius 2 is 2.25 bits per heavy atom. The maximum atomic E-state index is 11.9. The van der Waals surface area contributed by atoms with Crippen molar-refractivity contribution in [2.75, 3.05) is 6.54 Å². The molecule has 0 saturated carbocycles. The summed E-state index contributed by atoms with van der Waals surface area (Å²) in [5.74, 6) is -0.302. The highest BCUT2D eigenvalue weighted by atomic mass is 35.5. The van der Waals surface area contributed by atoms with Gasteiger partial charge in [-0.2, -0.15) is 0 Å². The molecular weight excluding hydrogens is 280 g/mol. The number of non-ortho nitro benzene ring substituents is 1. The van der Waals surface area contributed by atoms with Crippen LogP contribution < -0.4 is 5.32 Å². The number of allylic oxidation sites excluding steroid dienone is 1. The van der Waals surface area contributed by atoms with Crippen LogP contribution in [0, 0.1) is 10.1 Å². The second-order valence-corrected chi connectivity index (χ2v) is 5.09. The summed E-state index contributed by atoms with van der Waals surface area (Å²) < 4.78 is 0. The van der Waals surface area contributed by atoms with Gasteiger partial charge in [0.1, 0.15) is 0 Å². The fraction of sp³-hybridized carbons (Fsp3) is 0.357. The lowest BCUT2D eigenvalue weighted by atomic mass is 10.1. The van der Waals surface area contributed by atoms with Crippen molar-refractivity contribution in [1.29, 1.82) is 0 Å². The van der Waals surface area contributed by atoms with Crippen LogP contribution >= 0.6 is 11.6 Å². The number of carbonyl (C=O) groups is 1. The first-order chi connectivity index (χ1) is 9.58. The van der Waals surface area contributed by atoms with Crippen molar-refractivity contribution in [3.8, 4) is 0 Å². The Kier molecular flexibility index (Phi) is 4.74. The van der Waals surface area contributed by atoms with Crippen LogP contribution in [0.3, 0.4) is 0 Å². The van der Waals surface area contributed by atoms with Crippen LogP contribution in [-0.2, 0) is 0 Å². The van der Waals surface area contributed by atoms with Crippen LogP contribution in [0.25, 0.3) is 0 Å². The molecule has 1 aromatic rings. The van der Waals surface area contributed by atoms with Gasteiger partial charge in [0.15, 0.2) is 0 Å². The first kappa shape index (κ1) is 14.5. The van der Waals surface area contributed by atoms with Gasteiger partial charge in [0.2, 0.25) is 0 Å². The summed E-state index contributed by atoms with van der Waals surface area (Å²) in [5.41, 5.74) is 1.51. The van der Waals surface area contributed by atoms with Gasteiger partial charge >= 0.3 is 0 Å². The average molecular weight is 295 g/mol. The minimum Gasteiger partial charge on any atom is -0.352 e. The largest absolute Gasteiger partial charge is 0.352 e. The van der Waals surface area contributed by atoms with Crippen LogP contribution in [0.15, 0.2) is 29.8 Å². The molecule has 106 valence electrons. The number of nitrogens with zero attached hydrogens (tertiary/aromatic N) is 1.